The average molecular weight is 295 g/mol. The molecule has 0 radical (unpaired) electrons. The summed E-state index contributed by atoms with van der Waals surface area (Å²) in [6.07, 6.45) is 5.61. The number of ketones is 1. The van der Waals surface area contributed by atoms with Gasteiger partial charge in [0.15, 0.2) is 5.78 Å². The maximum absolute atomic E-state index is 11.9. The fraction of sp³-hybridized carbons (Fsp3) is 0.467. The minimum atomic E-state index is -0.271. The molecule has 1 aliphatic carbocycles. The van der Waals surface area contributed by atoms with E-state index in [4.69, 9.17) is 11.6 Å². The Morgan fingerprint density at radius 1 is 1.20 bits per heavy atom. The second kappa shape index (κ2) is 7.29. The number of nitrogens with one attached hydrogen (secondary N) is 2. The molecule has 1 fully saturated rings. The highest BCUT2D eigenvalue weighted by molar-refractivity contribution is 6.31. The highest BCUT2D eigenvalue weighted by Gasteiger charge is 2.16. The van der Waals surface area contributed by atoms with Crippen molar-refractivity contribution in [3.8, 4) is 0 Å². The lowest BCUT2D eigenvalue weighted by Crippen LogP contribution is -2.44. The number of rotatable bonds is 4. The van der Waals surface area contributed by atoms with Gasteiger partial charge in [0.2, 0.25) is 0 Å². The van der Waals surface area contributed by atoms with E-state index >= 15 is 0 Å². The smallest absolute Gasteiger partial charge is 0.315 e. The van der Waals surface area contributed by atoms with E-state index in [9.17, 15) is 9.59 Å². The molecule has 0 heterocycles. The molecule has 20 heavy (non-hydrogen) atoms. The van der Waals surface area contributed by atoms with Crippen LogP contribution in [-0.2, 0) is 0 Å². The van der Waals surface area contributed by atoms with E-state index < -0.39 is 0 Å². The standard InChI is InChI=1S/C15H19ClN2O2/c16-12-6-4-5-11(9-12)14(19)10-17-15(20)18-13-7-2-1-3-8-13/h4-6,9,13H,1-3,7-8,10H2,(H2,17,18,20). The molecule has 108 valence electrons. The third-order valence-electron chi connectivity index (χ3n) is 3.50. The number of Topliss-reactive ketones (excluding diaryl/α,β-unsaturated/α-hetero) is 1. The van der Waals surface area contributed by atoms with E-state index in [-0.39, 0.29) is 24.4 Å². The molecule has 2 amide bonds. The van der Waals surface area contributed by atoms with Crippen LogP contribution in [0.15, 0.2) is 24.3 Å². The Bertz CT molecular complexity index is 485. The van der Waals surface area contributed by atoms with Crippen LogP contribution in [0.25, 0.3) is 0 Å². The third kappa shape index (κ3) is 4.53. The molecular weight excluding hydrogens is 276 g/mol. The highest BCUT2D eigenvalue weighted by Crippen LogP contribution is 2.17. The average Bonchev–Trinajstić information content (AvgIpc) is 2.46. The number of carbonyl (C=O) groups excluding carboxylic acids is 2. The number of hydrogen-bond donors (Lipinski definition) is 2. The minimum absolute atomic E-state index is 0.0150. The molecule has 4 nitrogen and oxygen atoms in total. The van der Waals surface area contributed by atoms with Crippen LogP contribution in [0.2, 0.25) is 5.02 Å². The van der Waals surface area contributed by atoms with Gasteiger partial charge < -0.3 is 10.6 Å². The van der Waals surface area contributed by atoms with E-state index in [1.54, 1.807) is 24.3 Å². The first-order valence-corrected chi connectivity index (χ1v) is 7.36. The van der Waals surface area contributed by atoms with E-state index in [0.717, 1.165) is 25.7 Å². The number of amides is 2. The molecule has 1 aromatic carbocycles. The lowest BCUT2D eigenvalue weighted by molar-refractivity contribution is 0.0992. The summed E-state index contributed by atoms with van der Waals surface area (Å²) in [4.78, 5) is 23.6. The number of urea groups is 1. The fourth-order valence-electron chi connectivity index (χ4n) is 2.41. The number of halogens is 1. The molecule has 1 saturated carbocycles. The van der Waals surface area contributed by atoms with Gasteiger partial charge in [0.25, 0.3) is 0 Å². The lowest BCUT2D eigenvalue weighted by Gasteiger charge is -2.22. The summed E-state index contributed by atoms with van der Waals surface area (Å²) in [6.45, 7) is -0.0150. The summed E-state index contributed by atoms with van der Waals surface area (Å²) in [5.74, 6) is -0.147. The summed E-state index contributed by atoms with van der Waals surface area (Å²) in [6, 6.07) is 6.69. The molecular formula is C15H19ClN2O2. The zero-order valence-electron chi connectivity index (χ0n) is 11.3. The molecule has 0 saturated heterocycles. The predicted octanol–water partition coefficient (Wildman–Crippen LogP) is 3.15. The number of carbonyl (C=O) groups is 2. The first-order chi connectivity index (χ1) is 9.65. The van der Waals surface area contributed by atoms with Crippen LogP contribution in [-0.4, -0.2) is 24.4 Å². The summed E-state index contributed by atoms with van der Waals surface area (Å²) in [5, 5.41) is 6.03. The number of hydrogen-bond acceptors (Lipinski definition) is 2. The molecule has 0 aliphatic heterocycles. The maximum atomic E-state index is 11.9. The Kier molecular flexibility index (Phi) is 5.41. The zero-order chi connectivity index (χ0) is 14.4. The molecule has 0 bridgehead atoms. The first kappa shape index (κ1) is 14.9. The van der Waals surface area contributed by atoms with Crippen molar-refractivity contribution < 1.29 is 9.59 Å². The highest BCUT2D eigenvalue weighted by atomic mass is 35.5. The fourth-order valence-corrected chi connectivity index (χ4v) is 2.60. The first-order valence-electron chi connectivity index (χ1n) is 6.98. The maximum Gasteiger partial charge on any atom is 0.315 e. The van der Waals surface area contributed by atoms with Gasteiger partial charge in [-0.15, -0.1) is 0 Å². The van der Waals surface area contributed by atoms with Gasteiger partial charge in [0, 0.05) is 16.6 Å². The largest absolute Gasteiger partial charge is 0.335 e. The van der Waals surface area contributed by atoms with Gasteiger partial charge in [-0.25, -0.2) is 4.79 Å². The van der Waals surface area contributed by atoms with Crippen LogP contribution in [0.4, 0.5) is 4.79 Å². The van der Waals surface area contributed by atoms with Crippen LogP contribution >= 0.6 is 11.6 Å². The summed E-state index contributed by atoms with van der Waals surface area (Å²) in [5.41, 5.74) is 0.510. The van der Waals surface area contributed by atoms with Crippen LogP contribution in [0.5, 0.6) is 0 Å². The van der Waals surface area contributed by atoms with Gasteiger partial charge in [0.1, 0.15) is 0 Å². The normalized spacial score (nSPS) is 15.7. The van der Waals surface area contributed by atoms with Crippen LogP contribution in [0.3, 0.4) is 0 Å². The van der Waals surface area contributed by atoms with Gasteiger partial charge in [-0.05, 0) is 25.0 Å². The van der Waals surface area contributed by atoms with Crippen LogP contribution in [0, 0.1) is 0 Å². The van der Waals surface area contributed by atoms with E-state index in [1.165, 1.54) is 6.42 Å². The quantitative estimate of drug-likeness (QED) is 0.838. The van der Waals surface area contributed by atoms with Crippen molar-refractivity contribution in [2.45, 2.75) is 38.1 Å². The summed E-state index contributed by atoms with van der Waals surface area (Å²) < 4.78 is 0. The zero-order valence-corrected chi connectivity index (χ0v) is 12.1. The van der Waals surface area contributed by atoms with Gasteiger partial charge in [-0.1, -0.05) is 43.0 Å². The summed E-state index contributed by atoms with van der Waals surface area (Å²) in [7, 11) is 0. The molecule has 2 N–H and O–H groups in total. The molecule has 2 rings (SSSR count). The van der Waals surface area contributed by atoms with Crippen LogP contribution in [0.1, 0.15) is 42.5 Å². The third-order valence-corrected chi connectivity index (χ3v) is 3.73. The Hall–Kier alpha value is -1.55. The molecule has 0 atom stereocenters. The van der Waals surface area contributed by atoms with Crippen molar-refractivity contribution >= 4 is 23.4 Å². The molecule has 1 aromatic rings. The lowest BCUT2D eigenvalue weighted by atomic mass is 9.96. The predicted molar refractivity (Wildman–Crippen MR) is 79.2 cm³/mol. The summed E-state index contributed by atoms with van der Waals surface area (Å²) >= 11 is 5.83. The van der Waals surface area contributed by atoms with Gasteiger partial charge in [0.05, 0.1) is 6.54 Å². The second-order valence-electron chi connectivity index (χ2n) is 5.10. The topological polar surface area (TPSA) is 58.2 Å². The van der Waals surface area contributed by atoms with Crippen LogP contribution < -0.4 is 10.6 Å². The Morgan fingerprint density at radius 2 is 1.95 bits per heavy atom. The van der Waals surface area contributed by atoms with Gasteiger partial charge in [-0.3, -0.25) is 4.79 Å². The molecule has 1 aliphatic rings. The Morgan fingerprint density at radius 3 is 2.65 bits per heavy atom. The van der Waals surface area contributed by atoms with Gasteiger partial charge >= 0.3 is 6.03 Å². The Balaban J connectivity index is 1.76. The van der Waals surface area contributed by atoms with Crippen molar-refractivity contribution in [2.75, 3.05) is 6.54 Å². The molecule has 0 spiro atoms. The molecule has 0 aromatic heterocycles. The van der Waals surface area contributed by atoms with Gasteiger partial charge in [-0.2, -0.15) is 0 Å². The van der Waals surface area contributed by atoms with Crippen molar-refractivity contribution in [1.82, 2.24) is 10.6 Å². The second-order valence-corrected chi connectivity index (χ2v) is 5.53. The van der Waals surface area contributed by atoms with Crippen molar-refractivity contribution in [3.05, 3.63) is 34.9 Å². The number of benzene rings is 1. The van der Waals surface area contributed by atoms with E-state index in [0.29, 0.717) is 10.6 Å². The minimum Gasteiger partial charge on any atom is -0.335 e. The van der Waals surface area contributed by atoms with E-state index in [2.05, 4.69) is 10.6 Å². The van der Waals surface area contributed by atoms with E-state index in [1.807, 2.05) is 0 Å². The van der Waals surface area contributed by atoms with Crippen molar-refractivity contribution in [3.63, 3.8) is 0 Å². The van der Waals surface area contributed by atoms with Crippen molar-refractivity contribution in [2.24, 2.45) is 0 Å². The molecule has 0 unspecified atom stereocenters. The molecule has 5 heteroatoms. The Labute approximate surface area is 123 Å². The van der Waals surface area contributed by atoms with Crippen molar-refractivity contribution in [1.29, 1.82) is 0 Å². The SMILES string of the molecule is O=C(NCC(=O)c1cccc(Cl)c1)NC1CCCCC1. The monoisotopic (exact) mass is 294 g/mol.